The smallest absolute Gasteiger partial charge is 0.381 e. The van der Waals surface area contributed by atoms with E-state index >= 15 is 0 Å². The molecule has 9 heteroatoms. The van der Waals surface area contributed by atoms with Crippen molar-refractivity contribution in [3.63, 3.8) is 0 Å². The van der Waals surface area contributed by atoms with Crippen LogP contribution in [0.2, 0.25) is 0 Å². The van der Waals surface area contributed by atoms with Crippen LogP contribution >= 0.6 is 0 Å². The first-order valence-corrected chi connectivity index (χ1v) is 8.89. The summed E-state index contributed by atoms with van der Waals surface area (Å²) >= 11 is 0. The maximum absolute atomic E-state index is 13.1. The minimum atomic E-state index is -4.61. The molecule has 1 aromatic rings. The molecule has 0 aromatic heterocycles. The highest BCUT2D eigenvalue weighted by molar-refractivity contribution is 5.79. The van der Waals surface area contributed by atoms with Crippen LogP contribution in [-0.2, 0) is 22.2 Å². The Morgan fingerprint density at radius 3 is 2.67 bits per heavy atom. The first kappa shape index (κ1) is 21.4. The Balaban J connectivity index is 1.74. The molecule has 0 unspecified atom stereocenters. The van der Waals surface area contributed by atoms with Gasteiger partial charge in [0.15, 0.2) is 5.96 Å². The van der Waals surface area contributed by atoms with E-state index in [9.17, 15) is 17.6 Å². The Morgan fingerprint density at radius 2 is 2.00 bits per heavy atom. The fourth-order valence-corrected chi connectivity index (χ4v) is 2.74. The molecular weight excluding hydrogens is 366 g/mol. The number of guanidine groups is 1. The normalized spacial score (nSPS) is 16.4. The van der Waals surface area contributed by atoms with Crippen LogP contribution in [0, 0.1) is 5.82 Å². The number of hydrogen-bond acceptors (Lipinski definition) is 3. The van der Waals surface area contributed by atoms with Crippen molar-refractivity contribution >= 4 is 5.96 Å². The second kappa shape index (κ2) is 10.5. The molecule has 2 rings (SSSR count). The molecule has 0 amide bonds. The van der Waals surface area contributed by atoms with Crippen LogP contribution in [0.25, 0.3) is 0 Å². The fourth-order valence-electron chi connectivity index (χ4n) is 2.74. The first-order valence-electron chi connectivity index (χ1n) is 8.89. The van der Waals surface area contributed by atoms with Crippen molar-refractivity contribution < 1.29 is 27.0 Å². The lowest BCUT2D eigenvalue weighted by molar-refractivity contribution is -0.138. The highest BCUT2D eigenvalue weighted by atomic mass is 19.4. The SMILES string of the molecule is CN=C(NCCCOC1CCOCC1)NCc1ccc(F)cc1C(F)(F)F. The number of nitrogens with zero attached hydrogens (tertiary/aromatic N) is 1. The second-order valence-corrected chi connectivity index (χ2v) is 6.19. The predicted molar refractivity (Wildman–Crippen MR) is 94.0 cm³/mol. The molecular formula is C18H25F4N3O2. The molecule has 5 nitrogen and oxygen atoms in total. The summed E-state index contributed by atoms with van der Waals surface area (Å²) in [4.78, 5) is 3.98. The third-order valence-electron chi connectivity index (χ3n) is 4.18. The van der Waals surface area contributed by atoms with E-state index in [-0.39, 0.29) is 18.2 Å². The zero-order chi connectivity index (χ0) is 19.7. The van der Waals surface area contributed by atoms with Gasteiger partial charge in [0.2, 0.25) is 0 Å². The Kier molecular flexibility index (Phi) is 8.30. The van der Waals surface area contributed by atoms with Gasteiger partial charge < -0.3 is 20.1 Å². The van der Waals surface area contributed by atoms with Gasteiger partial charge in [0.1, 0.15) is 5.82 Å². The molecule has 0 atom stereocenters. The average molecular weight is 391 g/mol. The molecule has 1 aliphatic heterocycles. The summed E-state index contributed by atoms with van der Waals surface area (Å²) in [5.41, 5.74) is -1.04. The number of aliphatic imine (C=N–C) groups is 1. The number of rotatable bonds is 7. The van der Waals surface area contributed by atoms with Crippen molar-refractivity contribution in [1.29, 1.82) is 0 Å². The van der Waals surface area contributed by atoms with E-state index in [1.807, 2.05) is 0 Å². The maximum atomic E-state index is 13.1. The van der Waals surface area contributed by atoms with E-state index in [0.29, 0.717) is 25.2 Å². The van der Waals surface area contributed by atoms with Crippen LogP contribution in [0.1, 0.15) is 30.4 Å². The molecule has 0 spiro atoms. The van der Waals surface area contributed by atoms with Crippen LogP contribution < -0.4 is 10.6 Å². The van der Waals surface area contributed by atoms with Gasteiger partial charge in [0.25, 0.3) is 0 Å². The molecule has 152 valence electrons. The molecule has 27 heavy (non-hydrogen) atoms. The minimum absolute atomic E-state index is 0.0466. The lowest BCUT2D eigenvalue weighted by Crippen LogP contribution is -2.38. The third kappa shape index (κ3) is 7.34. The Labute approximate surface area is 156 Å². The van der Waals surface area contributed by atoms with E-state index in [1.165, 1.54) is 7.05 Å². The molecule has 1 fully saturated rings. The van der Waals surface area contributed by atoms with Gasteiger partial charge in [0, 0.05) is 40.0 Å². The van der Waals surface area contributed by atoms with Crippen molar-refractivity contribution in [2.45, 2.75) is 38.1 Å². The summed E-state index contributed by atoms with van der Waals surface area (Å²) in [5.74, 6) is -0.545. The Bertz CT molecular complexity index is 617. The minimum Gasteiger partial charge on any atom is -0.381 e. The van der Waals surface area contributed by atoms with Crippen LogP contribution in [0.4, 0.5) is 17.6 Å². The second-order valence-electron chi connectivity index (χ2n) is 6.19. The van der Waals surface area contributed by atoms with Crippen LogP contribution in [0.3, 0.4) is 0 Å². The number of hydrogen-bond donors (Lipinski definition) is 2. The monoisotopic (exact) mass is 391 g/mol. The largest absolute Gasteiger partial charge is 0.416 e. The van der Waals surface area contributed by atoms with Gasteiger partial charge in [-0.1, -0.05) is 6.07 Å². The van der Waals surface area contributed by atoms with Crippen molar-refractivity contribution in [3.05, 3.63) is 35.1 Å². The molecule has 0 bridgehead atoms. The Morgan fingerprint density at radius 1 is 1.26 bits per heavy atom. The lowest BCUT2D eigenvalue weighted by Gasteiger charge is -2.22. The average Bonchev–Trinajstić information content (AvgIpc) is 2.65. The lowest BCUT2D eigenvalue weighted by atomic mass is 10.1. The van der Waals surface area contributed by atoms with Gasteiger partial charge >= 0.3 is 6.18 Å². The van der Waals surface area contributed by atoms with Gasteiger partial charge in [-0.3, -0.25) is 4.99 Å². The van der Waals surface area contributed by atoms with Gasteiger partial charge in [-0.15, -0.1) is 0 Å². The van der Waals surface area contributed by atoms with E-state index in [0.717, 1.165) is 44.6 Å². The number of ether oxygens (including phenoxy) is 2. The summed E-state index contributed by atoms with van der Waals surface area (Å²) in [6.07, 6.45) is -1.85. The molecule has 1 heterocycles. The van der Waals surface area contributed by atoms with Crippen molar-refractivity contribution in [3.8, 4) is 0 Å². The zero-order valence-electron chi connectivity index (χ0n) is 15.2. The first-order chi connectivity index (χ1) is 12.9. The molecule has 0 aliphatic carbocycles. The predicted octanol–water partition coefficient (Wildman–Crippen LogP) is 3.10. The number of benzene rings is 1. The van der Waals surface area contributed by atoms with E-state index in [4.69, 9.17) is 9.47 Å². The quantitative estimate of drug-likeness (QED) is 0.325. The summed E-state index contributed by atoms with van der Waals surface area (Å²) in [6.45, 7) is 2.49. The third-order valence-corrected chi connectivity index (χ3v) is 4.18. The van der Waals surface area contributed by atoms with Gasteiger partial charge in [-0.25, -0.2) is 4.39 Å². The number of nitrogens with one attached hydrogen (secondary N) is 2. The molecule has 0 saturated carbocycles. The van der Waals surface area contributed by atoms with Crippen molar-refractivity contribution in [1.82, 2.24) is 10.6 Å². The summed E-state index contributed by atoms with van der Waals surface area (Å²) in [6, 6.07) is 2.64. The summed E-state index contributed by atoms with van der Waals surface area (Å²) in [7, 11) is 1.53. The number of halogens is 4. The van der Waals surface area contributed by atoms with Gasteiger partial charge in [-0.2, -0.15) is 13.2 Å². The van der Waals surface area contributed by atoms with Crippen molar-refractivity contribution in [2.24, 2.45) is 4.99 Å². The molecule has 2 N–H and O–H groups in total. The summed E-state index contributed by atoms with van der Waals surface area (Å²) < 4.78 is 63.2. The zero-order valence-corrected chi connectivity index (χ0v) is 15.2. The molecule has 1 saturated heterocycles. The standard InChI is InChI=1S/C18H25F4N3O2/c1-23-17(24-7-2-8-27-15-5-9-26-10-6-15)25-12-13-3-4-14(19)11-16(13)18(20,21)22/h3-4,11,15H,2,5-10,12H2,1H3,(H2,23,24,25). The maximum Gasteiger partial charge on any atom is 0.416 e. The van der Waals surface area contributed by atoms with Crippen molar-refractivity contribution in [2.75, 3.05) is 33.4 Å². The highest BCUT2D eigenvalue weighted by Crippen LogP contribution is 2.32. The van der Waals surface area contributed by atoms with E-state index < -0.39 is 17.6 Å². The van der Waals surface area contributed by atoms with Gasteiger partial charge in [-0.05, 0) is 37.0 Å². The van der Waals surface area contributed by atoms with Crippen LogP contribution in [-0.4, -0.2) is 45.5 Å². The topological polar surface area (TPSA) is 54.9 Å². The van der Waals surface area contributed by atoms with Gasteiger partial charge in [0.05, 0.1) is 11.7 Å². The molecule has 0 radical (unpaired) electrons. The fraction of sp³-hybridized carbons (Fsp3) is 0.611. The van der Waals surface area contributed by atoms with Crippen LogP contribution in [0.15, 0.2) is 23.2 Å². The van der Waals surface area contributed by atoms with E-state index in [2.05, 4.69) is 15.6 Å². The highest BCUT2D eigenvalue weighted by Gasteiger charge is 2.33. The van der Waals surface area contributed by atoms with Crippen LogP contribution in [0.5, 0.6) is 0 Å². The Hall–Kier alpha value is -1.87. The van der Waals surface area contributed by atoms with E-state index in [1.54, 1.807) is 0 Å². The number of alkyl halides is 3. The molecule has 1 aliphatic rings. The molecule has 1 aromatic carbocycles. The summed E-state index contributed by atoms with van der Waals surface area (Å²) in [5, 5.41) is 5.84.